The summed E-state index contributed by atoms with van der Waals surface area (Å²) in [4.78, 5) is 0. The van der Waals surface area contributed by atoms with Gasteiger partial charge in [0.2, 0.25) is 0 Å². The summed E-state index contributed by atoms with van der Waals surface area (Å²) >= 11 is 0. The monoisotopic (exact) mass is 264 g/mol. The average Bonchev–Trinajstić information content (AvgIpc) is 3.11. The van der Waals surface area contributed by atoms with Crippen LogP contribution in [0.1, 0.15) is 50.3 Å². The fraction of sp³-hybridized carbons (Fsp3) is 0.857. The lowest BCUT2D eigenvalue weighted by molar-refractivity contribution is 0.0956. The molecule has 1 atom stereocenters. The zero-order chi connectivity index (χ0) is 13.1. The summed E-state index contributed by atoms with van der Waals surface area (Å²) in [6.07, 6.45) is 9.43. The van der Waals surface area contributed by atoms with Crippen LogP contribution in [-0.2, 0) is 11.3 Å². The number of hydrogen-bond donors (Lipinski definition) is 1. The van der Waals surface area contributed by atoms with Gasteiger partial charge in [0.25, 0.3) is 0 Å². The Labute approximate surface area is 114 Å². The Kier molecular flexibility index (Phi) is 4.13. The van der Waals surface area contributed by atoms with Crippen LogP contribution in [-0.4, -0.2) is 34.0 Å². The van der Waals surface area contributed by atoms with E-state index in [0.717, 1.165) is 31.9 Å². The van der Waals surface area contributed by atoms with Gasteiger partial charge in [0, 0.05) is 12.5 Å². The first kappa shape index (κ1) is 13.1. The fourth-order valence-electron chi connectivity index (χ4n) is 3.38. The molecule has 2 heterocycles. The molecular weight excluding hydrogens is 240 g/mol. The highest BCUT2D eigenvalue weighted by atomic mass is 16.5. The van der Waals surface area contributed by atoms with Crippen LogP contribution in [0.25, 0.3) is 0 Å². The van der Waals surface area contributed by atoms with E-state index in [4.69, 9.17) is 10.5 Å². The first-order valence-electron chi connectivity index (χ1n) is 7.56. The summed E-state index contributed by atoms with van der Waals surface area (Å²) in [5.74, 6) is 2.43. The predicted molar refractivity (Wildman–Crippen MR) is 72.7 cm³/mol. The maximum Gasteiger partial charge on any atom is 0.135 e. The zero-order valence-electron chi connectivity index (χ0n) is 11.5. The molecule has 1 aliphatic heterocycles. The second-order valence-corrected chi connectivity index (χ2v) is 5.93. The van der Waals surface area contributed by atoms with Gasteiger partial charge in [-0.3, -0.25) is 0 Å². The molecule has 5 heteroatoms. The molecule has 106 valence electrons. The third-order valence-electron chi connectivity index (χ3n) is 4.62. The standard InChI is InChI=1S/C14H24N4O/c15-8-11-3-5-12(6-4-11)14-17-16-10-18(14)9-13-2-1-7-19-13/h10-13H,1-9,15H2. The average molecular weight is 264 g/mol. The minimum Gasteiger partial charge on any atom is -0.376 e. The predicted octanol–water partition coefficient (Wildman–Crippen LogP) is 1.69. The van der Waals surface area contributed by atoms with Gasteiger partial charge in [-0.05, 0) is 51.0 Å². The van der Waals surface area contributed by atoms with Crippen LogP contribution in [0, 0.1) is 5.92 Å². The van der Waals surface area contributed by atoms with Crippen molar-refractivity contribution in [1.82, 2.24) is 14.8 Å². The van der Waals surface area contributed by atoms with Gasteiger partial charge in [0.05, 0.1) is 12.6 Å². The molecule has 1 saturated carbocycles. The third kappa shape index (κ3) is 2.98. The summed E-state index contributed by atoms with van der Waals surface area (Å²) in [6.45, 7) is 2.65. The van der Waals surface area contributed by atoms with Crippen LogP contribution in [0.15, 0.2) is 6.33 Å². The van der Waals surface area contributed by atoms with E-state index in [1.54, 1.807) is 0 Å². The Balaban J connectivity index is 1.63. The molecule has 2 N–H and O–H groups in total. The van der Waals surface area contributed by atoms with Crippen molar-refractivity contribution >= 4 is 0 Å². The summed E-state index contributed by atoms with van der Waals surface area (Å²) in [5, 5.41) is 8.47. The molecule has 2 aliphatic rings. The van der Waals surface area contributed by atoms with Gasteiger partial charge in [-0.1, -0.05) is 0 Å². The van der Waals surface area contributed by atoms with Crippen molar-refractivity contribution < 1.29 is 4.74 Å². The Bertz CT molecular complexity index is 392. The number of ether oxygens (including phenoxy) is 1. The van der Waals surface area contributed by atoms with Crippen molar-refractivity contribution in [1.29, 1.82) is 0 Å². The van der Waals surface area contributed by atoms with Crippen molar-refractivity contribution in [2.45, 2.75) is 57.1 Å². The highest BCUT2D eigenvalue weighted by Gasteiger charge is 2.26. The smallest absolute Gasteiger partial charge is 0.135 e. The van der Waals surface area contributed by atoms with Crippen LogP contribution < -0.4 is 5.73 Å². The minimum absolute atomic E-state index is 0.357. The van der Waals surface area contributed by atoms with Crippen LogP contribution in [0.5, 0.6) is 0 Å². The Hall–Kier alpha value is -0.940. The molecular formula is C14H24N4O. The minimum atomic E-state index is 0.357. The molecule has 0 spiro atoms. The van der Waals surface area contributed by atoms with E-state index in [1.807, 2.05) is 6.33 Å². The molecule has 0 aromatic carbocycles. The van der Waals surface area contributed by atoms with Gasteiger partial charge in [0.15, 0.2) is 0 Å². The number of aromatic nitrogens is 3. The molecule has 19 heavy (non-hydrogen) atoms. The molecule has 5 nitrogen and oxygen atoms in total. The van der Waals surface area contributed by atoms with Gasteiger partial charge < -0.3 is 15.0 Å². The summed E-state index contributed by atoms with van der Waals surface area (Å²) in [6, 6.07) is 0. The number of hydrogen-bond acceptors (Lipinski definition) is 4. The topological polar surface area (TPSA) is 66.0 Å². The van der Waals surface area contributed by atoms with Crippen molar-refractivity contribution in [2.75, 3.05) is 13.2 Å². The maximum atomic E-state index is 5.76. The van der Waals surface area contributed by atoms with E-state index in [-0.39, 0.29) is 0 Å². The van der Waals surface area contributed by atoms with Crippen molar-refractivity contribution in [3.63, 3.8) is 0 Å². The highest BCUT2D eigenvalue weighted by Crippen LogP contribution is 2.34. The summed E-state index contributed by atoms with van der Waals surface area (Å²) in [7, 11) is 0. The van der Waals surface area contributed by atoms with E-state index in [2.05, 4.69) is 14.8 Å². The molecule has 1 aromatic rings. The molecule has 0 bridgehead atoms. The lowest BCUT2D eigenvalue weighted by Crippen LogP contribution is -2.23. The molecule has 1 unspecified atom stereocenters. The third-order valence-corrected chi connectivity index (χ3v) is 4.62. The van der Waals surface area contributed by atoms with Gasteiger partial charge in [-0.2, -0.15) is 0 Å². The fourth-order valence-corrected chi connectivity index (χ4v) is 3.38. The van der Waals surface area contributed by atoms with Gasteiger partial charge in [-0.15, -0.1) is 10.2 Å². The summed E-state index contributed by atoms with van der Waals surface area (Å²) in [5.41, 5.74) is 5.76. The zero-order valence-corrected chi connectivity index (χ0v) is 11.5. The first-order chi connectivity index (χ1) is 9.36. The quantitative estimate of drug-likeness (QED) is 0.898. The first-order valence-corrected chi connectivity index (χ1v) is 7.56. The van der Waals surface area contributed by atoms with Crippen LogP contribution >= 0.6 is 0 Å². The number of nitrogens with zero attached hydrogens (tertiary/aromatic N) is 3. The van der Waals surface area contributed by atoms with E-state index >= 15 is 0 Å². The van der Waals surface area contributed by atoms with Gasteiger partial charge >= 0.3 is 0 Å². The molecule has 1 aromatic heterocycles. The molecule has 3 rings (SSSR count). The second kappa shape index (κ2) is 6.01. The molecule has 1 saturated heterocycles. The van der Waals surface area contributed by atoms with Crippen molar-refractivity contribution in [3.05, 3.63) is 12.2 Å². The van der Waals surface area contributed by atoms with E-state index in [1.165, 1.54) is 32.1 Å². The molecule has 2 fully saturated rings. The SMILES string of the molecule is NCC1CCC(c2nncn2CC2CCCO2)CC1. The van der Waals surface area contributed by atoms with E-state index in [9.17, 15) is 0 Å². The second-order valence-electron chi connectivity index (χ2n) is 5.93. The van der Waals surface area contributed by atoms with Crippen molar-refractivity contribution in [2.24, 2.45) is 11.7 Å². The highest BCUT2D eigenvalue weighted by molar-refractivity contribution is 4.99. The normalized spacial score (nSPS) is 31.7. The number of rotatable bonds is 4. The lowest BCUT2D eigenvalue weighted by Gasteiger charge is -2.27. The van der Waals surface area contributed by atoms with Crippen molar-refractivity contribution in [3.8, 4) is 0 Å². The molecule has 0 radical (unpaired) electrons. The number of nitrogens with two attached hydrogens (primary N) is 1. The summed E-state index contributed by atoms with van der Waals surface area (Å²) < 4.78 is 7.92. The molecule has 0 amide bonds. The largest absolute Gasteiger partial charge is 0.376 e. The van der Waals surface area contributed by atoms with Gasteiger partial charge in [-0.25, -0.2) is 0 Å². The Morgan fingerprint density at radius 2 is 2.11 bits per heavy atom. The maximum absolute atomic E-state index is 5.76. The lowest BCUT2D eigenvalue weighted by atomic mass is 9.81. The van der Waals surface area contributed by atoms with Crippen LogP contribution in [0.4, 0.5) is 0 Å². The van der Waals surface area contributed by atoms with Gasteiger partial charge in [0.1, 0.15) is 12.2 Å². The Morgan fingerprint density at radius 1 is 1.26 bits per heavy atom. The van der Waals surface area contributed by atoms with Crippen LogP contribution in [0.3, 0.4) is 0 Å². The van der Waals surface area contributed by atoms with Crippen LogP contribution in [0.2, 0.25) is 0 Å². The van der Waals surface area contributed by atoms with E-state index < -0.39 is 0 Å². The molecule has 1 aliphatic carbocycles. The van der Waals surface area contributed by atoms with E-state index in [0.29, 0.717) is 17.9 Å². The Morgan fingerprint density at radius 3 is 2.79 bits per heavy atom.